The standard InChI is InChI=1S/C27H32N4O2S/c1-30-22-14-7-6-13-21(22)29-27(30)34-18-25(32)31(17-9-16-24(31)26(28)33)23-15-8-5-12-20(23)19-10-3-2-4-11-19/h2-4,6-7,10-11,13-14,20,23-24H,5,8-9,12,15-18H2,1H3,(H-,28,33)/p+1/t20-,23+,24-,31?/m0/s1. The molecule has 2 heterocycles. The van der Waals surface area contributed by atoms with Crippen LogP contribution in [0.25, 0.3) is 11.0 Å². The molecule has 34 heavy (non-hydrogen) atoms. The molecule has 1 aromatic heterocycles. The Balaban J connectivity index is 1.48. The van der Waals surface area contributed by atoms with E-state index < -0.39 is 6.04 Å². The van der Waals surface area contributed by atoms with E-state index in [0.717, 1.165) is 48.3 Å². The topological polar surface area (TPSA) is 78.0 Å². The number of hydrogen-bond acceptors (Lipinski definition) is 4. The molecule has 2 aromatic carbocycles. The first-order chi connectivity index (χ1) is 16.5. The van der Waals surface area contributed by atoms with Gasteiger partial charge in [-0.2, -0.15) is 0 Å². The zero-order valence-corrected chi connectivity index (χ0v) is 20.5. The van der Waals surface area contributed by atoms with E-state index in [0.29, 0.717) is 18.7 Å². The highest BCUT2D eigenvalue weighted by Gasteiger charge is 2.57. The molecule has 2 amide bonds. The van der Waals surface area contributed by atoms with Crippen molar-refractivity contribution in [3.05, 3.63) is 60.2 Å². The second-order valence-electron chi connectivity index (χ2n) is 9.71. The van der Waals surface area contributed by atoms with Crippen LogP contribution >= 0.6 is 11.8 Å². The maximum absolute atomic E-state index is 14.2. The summed E-state index contributed by atoms with van der Waals surface area (Å²) in [6.45, 7) is 0.698. The van der Waals surface area contributed by atoms with Crippen molar-refractivity contribution < 1.29 is 14.1 Å². The zero-order valence-electron chi connectivity index (χ0n) is 19.7. The molecule has 0 spiro atoms. The van der Waals surface area contributed by atoms with Crippen LogP contribution in [0.15, 0.2) is 59.8 Å². The summed E-state index contributed by atoms with van der Waals surface area (Å²) >= 11 is 1.48. The number of primary amides is 1. The first kappa shape index (κ1) is 23.1. The summed E-state index contributed by atoms with van der Waals surface area (Å²) in [6.07, 6.45) is 5.78. The van der Waals surface area contributed by atoms with Crippen LogP contribution in [0.4, 0.5) is 0 Å². The van der Waals surface area contributed by atoms with Crippen LogP contribution < -0.4 is 5.73 Å². The van der Waals surface area contributed by atoms with E-state index in [1.165, 1.54) is 17.3 Å². The molecule has 2 fully saturated rings. The lowest BCUT2D eigenvalue weighted by Crippen LogP contribution is -2.67. The van der Waals surface area contributed by atoms with Crippen LogP contribution in [-0.4, -0.2) is 50.2 Å². The molecule has 4 atom stereocenters. The van der Waals surface area contributed by atoms with Gasteiger partial charge in [-0.1, -0.05) is 60.6 Å². The van der Waals surface area contributed by atoms with Gasteiger partial charge in [0.25, 0.3) is 5.91 Å². The SMILES string of the molecule is Cn1c(SCC(=O)[N+]2([C@@H]3CCCC[C@H]3c3ccccc3)CCC[C@H]2C(N)=O)nc2ccccc21. The number of para-hydroxylation sites is 2. The molecule has 178 valence electrons. The molecule has 2 aliphatic rings. The van der Waals surface area contributed by atoms with Gasteiger partial charge < -0.3 is 10.3 Å². The highest BCUT2D eigenvalue weighted by Crippen LogP contribution is 2.45. The number of thioether (sulfide) groups is 1. The molecule has 1 aliphatic carbocycles. The van der Waals surface area contributed by atoms with Crippen molar-refractivity contribution in [3.8, 4) is 0 Å². The summed E-state index contributed by atoms with van der Waals surface area (Å²) in [5, 5.41) is 0.825. The van der Waals surface area contributed by atoms with E-state index in [2.05, 4.69) is 24.3 Å². The Morgan fingerprint density at radius 2 is 1.76 bits per heavy atom. The lowest BCUT2D eigenvalue weighted by atomic mass is 9.77. The van der Waals surface area contributed by atoms with E-state index in [-0.39, 0.29) is 28.3 Å². The number of aryl methyl sites for hydroxylation is 1. The number of benzene rings is 2. The Morgan fingerprint density at radius 1 is 1.03 bits per heavy atom. The van der Waals surface area contributed by atoms with Gasteiger partial charge in [0, 0.05) is 32.2 Å². The first-order valence-electron chi connectivity index (χ1n) is 12.3. The fourth-order valence-corrected chi connectivity index (χ4v) is 7.38. The van der Waals surface area contributed by atoms with Crippen LogP contribution in [-0.2, 0) is 16.6 Å². The number of quaternary nitrogens is 1. The molecular formula is C27H33N4O2S+. The number of likely N-dealkylation sites (tertiary alicyclic amines) is 1. The minimum atomic E-state index is -0.442. The van der Waals surface area contributed by atoms with Gasteiger partial charge >= 0.3 is 5.91 Å². The number of hydrogen-bond donors (Lipinski definition) is 1. The van der Waals surface area contributed by atoms with Crippen molar-refractivity contribution in [2.45, 2.75) is 61.7 Å². The Labute approximate surface area is 205 Å². The monoisotopic (exact) mass is 477 g/mol. The number of nitrogens with two attached hydrogens (primary N) is 1. The fraction of sp³-hybridized carbons (Fsp3) is 0.444. The minimum Gasteiger partial charge on any atom is -0.364 e. The Morgan fingerprint density at radius 3 is 2.53 bits per heavy atom. The van der Waals surface area contributed by atoms with Gasteiger partial charge in [-0.25, -0.2) is 14.3 Å². The van der Waals surface area contributed by atoms with Crippen molar-refractivity contribution in [1.29, 1.82) is 0 Å². The number of amides is 2. The van der Waals surface area contributed by atoms with Crippen molar-refractivity contribution >= 4 is 34.6 Å². The number of nitrogens with zero attached hydrogens (tertiary/aromatic N) is 3. The van der Waals surface area contributed by atoms with Crippen molar-refractivity contribution in [3.63, 3.8) is 0 Å². The molecule has 5 rings (SSSR count). The molecule has 1 aliphatic heterocycles. The molecule has 7 heteroatoms. The predicted molar refractivity (Wildman–Crippen MR) is 135 cm³/mol. The van der Waals surface area contributed by atoms with Crippen molar-refractivity contribution in [2.75, 3.05) is 12.3 Å². The Kier molecular flexibility index (Phi) is 6.49. The third-order valence-electron chi connectivity index (χ3n) is 7.97. The lowest BCUT2D eigenvalue weighted by molar-refractivity contribution is -0.884. The van der Waals surface area contributed by atoms with Gasteiger partial charge in [0.2, 0.25) is 0 Å². The molecule has 0 radical (unpaired) electrons. The third kappa shape index (κ3) is 3.95. The van der Waals surface area contributed by atoms with E-state index in [1.807, 2.05) is 41.9 Å². The molecule has 2 N–H and O–H groups in total. The molecule has 0 bridgehead atoms. The molecule has 1 saturated carbocycles. The predicted octanol–water partition coefficient (Wildman–Crippen LogP) is 4.38. The number of carbonyl (C=O) groups is 2. The minimum absolute atomic E-state index is 0.0877. The Hall–Kier alpha value is -2.64. The summed E-state index contributed by atoms with van der Waals surface area (Å²) in [5.41, 5.74) is 9.21. The number of aromatic nitrogens is 2. The van der Waals surface area contributed by atoms with Gasteiger partial charge in [0.15, 0.2) is 11.2 Å². The normalized spacial score (nSPS) is 27.1. The summed E-state index contributed by atoms with van der Waals surface area (Å²) in [7, 11) is 1.99. The summed E-state index contributed by atoms with van der Waals surface area (Å²) in [5.74, 6) is 0.334. The van der Waals surface area contributed by atoms with Gasteiger partial charge in [-0.15, -0.1) is 0 Å². The fourth-order valence-electron chi connectivity index (χ4n) is 6.43. The number of fused-ring (bicyclic) bond motifs is 1. The lowest BCUT2D eigenvalue weighted by Gasteiger charge is -2.47. The summed E-state index contributed by atoms with van der Waals surface area (Å²) < 4.78 is 2.26. The van der Waals surface area contributed by atoms with Crippen LogP contribution in [0, 0.1) is 0 Å². The first-order valence-corrected chi connectivity index (χ1v) is 13.3. The van der Waals surface area contributed by atoms with E-state index in [4.69, 9.17) is 10.7 Å². The van der Waals surface area contributed by atoms with Gasteiger partial charge in [0.1, 0.15) is 11.8 Å². The molecule has 1 saturated heterocycles. The average molecular weight is 478 g/mol. The largest absolute Gasteiger partial charge is 0.364 e. The van der Waals surface area contributed by atoms with E-state index in [1.54, 1.807) is 0 Å². The van der Waals surface area contributed by atoms with Gasteiger partial charge in [0.05, 0.1) is 17.6 Å². The number of imidazole rings is 1. The van der Waals surface area contributed by atoms with E-state index in [9.17, 15) is 9.59 Å². The smallest absolute Gasteiger partial charge is 0.325 e. The highest BCUT2D eigenvalue weighted by atomic mass is 32.2. The van der Waals surface area contributed by atoms with Crippen LogP contribution in [0.5, 0.6) is 0 Å². The van der Waals surface area contributed by atoms with Gasteiger partial charge in [-0.05, 0) is 30.5 Å². The molecular weight excluding hydrogens is 444 g/mol. The number of carbonyl (C=O) groups excluding carboxylic acids is 2. The highest BCUT2D eigenvalue weighted by molar-refractivity contribution is 7.99. The van der Waals surface area contributed by atoms with Crippen LogP contribution in [0.1, 0.15) is 50.0 Å². The van der Waals surface area contributed by atoms with Gasteiger partial charge in [-0.3, -0.25) is 4.79 Å². The van der Waals surface area contributed by atoms with Crippen molar-refractivity contribution in [1.82, 2.24) is 9.55 Å². The van der Waals surface area contributed by atoms with Crippen molar-refractivity contribution in [2.24, 2.45) is 12.8 Å². The zero-order chi connectivity index (χ0) is 23.7. The molecule has 1 unspecified atom stereocenters. The molecule has 6 nitrogen and oxygen atoms in total. The maximum Gasteiger partial charge on any atom is 0.325 e. The molecule has 3 aromatic rings. The maximum atomic E-state index is 14.2. The van der Waals surface area contributed by atoms with E-state index >= 15 is 0 Å². The quantitative estimate of drug-likeness (QED) is 0.422. The summed E-state index contributed by atoms with van der Waals surface area (Å²) in [4.78, 5) is 31.6. The second kappa shape index (κ2) is 9.55. The second-order valence-corrected chi connectivity index (χ2v) is 10.7. The van der Waals surface area contributed by atoms with Crippen LogP contribution in [0.3, 0.4) is 0 Å². The average Bonchev–Trinajstić information content (AvgIpc) is 3.46. The third-order valence-corrected chi connectivity index (χ3v) is 8.99. The number of rotatable bonds is 6. The Bertz CT molecular complexity index is 1190. The summed E-state index contributed by atoms with van der Waals surface area (Å²) in [6, 6.07) is 18.2. The van der Waals surface area contributed by atoms with Crippen LogP contribution in [0.2, 0.25) is 0 Å².